The van der Waals surface area contributed by atoms with E-state index in [4.69, 9.17) is 0 Å². The molecule has 11 heavy (non-hydrogen) atoms. The van der Waals surface area contributed by atoms with Crippen LogP contribution >= 0.6 is 15.9 Å². The maximum atomic E-state index is 13.0. The molecule has 0 amide bonds. The van der Waals surface area contributed by atoms with Gasteiger partial charge in [-0.1, -0.05) is 0 Å². The molecule has 0 N–H and O–H groups in total. The summed E-state index contributed by atoms with van der Waals surface area (Å²) < 4.78 is 15.5. The van der Waals surface area contributed by atoms with Crippen LogP contribution in [0.4, 0.5) is 4.39 Å². The van der Waals surface area contributed by atoms with Crippen molar-refractivity contribution in [1.29, 1.82) is 0 Å². The number of halogens is 2. The van der Waals surface area contributed by atoms with Gasteiger partial charge in [-0.2, -0.15) is 5.10 Å². The van der Waals surface area contributed by atoms with Gasteiger partial charge in [-0.05, 0) is 29.8 Å². The molecule has 0 unspecified atom stereocenters. The van der Waals surface area contributed by atoms with Crippen molar-refractivity contribution < 1.29 is 4.39 Å². The molecule has 0 saturated heterocycles. The highest BCUT2D eigenvalue weighted by Crippen LogP contribution is 2.13. The van der Waals surface area contributed by atoms with Gasteiger partial charge in [0.1, 0.15) is 5.67 Å². The number of nitrogens with zero attached hydrogens (tertiary/aromatic N) is 2. The first-order valence-corrected chi connectivity index (χ1v) is 4.13. The van der Waals surface area contributed by atoms with Gasteiger partial charge in [0, 0.05) is 6.20 Å². The third-order valence-corrected chi connectivity index (χ3v) is 1.55. The van der Waals surface area contributed by atoms with Gasteiger partial charge in [-0.3, -0.25) is 4.68 Å². The van der Waals surface area contributed by atoms with E-state index in [0.29, 0.717) is 6.54 Å². The molecule has 0 aromatic carbocycles. The molecule has 0 spiro atoms. The van der Waals surface area contributed by atoms with Gasteiger partial charge in [-0.15, -0.1) is 0 Å². The third-order valence-electron chi connectivity index (χ3n) is 1.14. The van der Waals surface area contributed by atoms with Crippen molar-refractivity contribution in [2.24, 2.45) is 0 Å². The van der Waals surface area contributed by atoms with Crippen molar-refractivity contribution >= 4 is 15.9 Å². The number of alkyl halides is 1. The van der Waals surface area contributed by atoms with Crippen molar-refractivity contribution in [1.82, 2.24) is 9.78 Å². The fourth-order valence-electron chi connectivity index (χ4n) is 0.810. The van der Waals surface area contributed by atoms with Crippen LogP contribution in [-0.4, -0.2) is 15.4 Å². The molecule has 0 radical (unpaired) electrons. The summed E-state index contributed by atoms with van der Waals surface area (Å²) in [4.78, 5) is 0. The lowest BCUT2D eigenvalue weighted by Crippen LogP contribution is -2.20. The van der Waals surface area contributed by atoms with Crippen molar-refractivity contribution in [3.8, 4) is 0 Å². The Balaban J connectivity index is 2.65. The van der Waals surface area contributed by atoms with Gasteiger partial charge < -0.3 is 0 Å². The van der Waals surface area contributed by atoms with Crippen LogP contribution in [0.3, 0.4) is 0 Å². The van der Waals surface area contributed by atoms with E-state index in [0.717, 1.165) is 4.47 Å². The maximum Gasteiger partial charge on any atom is 0.124 e. The summed E-state index contributed by atoms with van der Waals surface area (Å²) >= 11 is 3.23. The molecule has 0 saturated carbocycles. The summed E-state index contributed by atoms with van der Waals surface area (Å²) in [7, 11) is 0. The molecular formula is C7H10BrFN2. The smallest absolute Gasteiger partial charge is 0.124 e. The number of hydrogen-bond acceptors (Lipinski definition) is 1. The monoisotopic (exact) mass is 220 g/mol. The number of hydrogen-bond donors (Lipinski definition) is 0. The first kappa shape index (κ1) is 8.71. The molecule has 1 rings (SSSR count). The number of rotatable bonds is 2. The van der Waals surface area contributed by atoms with Crippen LogP contribution in [-0.2, 0) is 6.54 Å². The zero-order valence-corrected chi connectivity index (χ0v) is 8.10. The molecule has 0 aliphatic rings. The summed E-state index contributed by atoms with van der Waals surface area (Å²) in [6.45, 7) is 3.35. The van der Waals surface area contributed by atoms with Crippen molar-refractivity contribution in [3.05, 3.63) is 16.9 Å². The minimum atomic E-state index is -1.20. The lowest BCUT2D eigenvalue weighted by molar-refractivity contribution is 0.179. The van der Waals surface area contributed by atoms with E-state index in [1.165, 1.54) is 13.8 Å². The second-order valence-electron chi connectivity index (χ2n) is 3.07. The first-order valence-electron chi connectivity index (χ1n) is 3.34. The SMILES string of the molecule is CC(C)(F)Cn1cc(Br)cn1. The average Bonchev–Trinajstić information content (AvgIpc) is 2.10. The zero-order valence-electron chi connectivity index (χ0n) is 6.51. The van der Waals surface area contributed by atoms with E-state index < -0.39 is 5.67 Å². The second-order valence-corrected chi connectivity index (χ2v) is 3.99. The summed E-state index contributed by atoms with van der Waals surface area (Å²) in [5, 5.41) is 3.93. The quantitative estimate of drug-likeness (QED) is 0.749. The molecule has 2 nitrogen and oxygen atoms in total. The van der Waals surface area contributed by atoms with Crippen LogP contribution in [0.5, 0.6) is 0 Å². The van der Waals surface area contributed by atoms with Crippen LogP contribution in [0.15, 0.2) is 16.9 Å². The molecule has 0 bridgehead atoms. The van der Waals surface area contributed by atoms with E-state index in [2.05, 4.69) is 21.0 Å². The molecule has 1 aromatic heterocycles. The Morgan fingerprint density at radius 2 is 2.36 bits per heavy atom. The van der Waals surface area contributed by atoms with Crippen LogP contribution in [0.25, 0.3) is 0 Å². The van der Waals surface area contributed by atoms with Crippen LogP contribution < -0.4 is 0 Å². The highest BCUT2D eigenvalue weighted by Gasteiger charge is 2.16. The van der Waals surface area contributed by atoms with Gasteiger partial charge in [0.25, 0.3) is 0 Å². The highest BCUT2D eigenvalue weighted by atomic mass is 79.9. The van der Waals surface area contributed by atoms with Crippen LogP contribution in [0, 0.1) is 0 Å². The topological polar surface area (TPSA) is 17.8 Å². The average molecular weight is 221 g/mol. The Kier molecular flexibility index (Phi) is 2.32. The summed E-state index contributed by atoms with van der Waals surface area (Å²) in [5.41, 5.74) is -1.20. The molecule has 0 aliphatic heterocycles. The van der Waals surface area contributed by atoms with Crippen LogP contribution in [0.1, 0.15) is 13.8 Å². The van der Waals surface area contributed by atoms with Crippen molar-refractivity contribution in [3.63, 3.8) is 0 Å². The maximum absolute atomic E-state index is 13.0. The largest absolute Gasteiger partial charge is 0.268 e. The molecule has 0 aliphatic carbocycles. The van der Waals surface area contributed by atoms with Gasteiger partial charge in [0.2, 0.25) is 0 Å². The Hall–Kier alpha value is -0.380. The molecule has 0 fully saturated rings. The van der Waals surface area contributed by atoms with Gasteiger partial charge in [-0.25, -0.2) is 4.39 Å². The zero-order chi connectivity index (χ0) is 8.48. The van der Waals surface area contributed by atoms with Crippen molar-refractivity contribution in [2.75, 3.05) is 0 Å². The lowest BCUT2D eigenvalue weighted by Gasteiger charge is -2.12. The first-order chi connectivity index (χ1) is 4.97. The molecule has 1 aromatic rings. The molecule has 4 heteroatoms. The minimum absolute atomic E-state index is 0.290. The summed E-state index contributed by atoms with van der Waals surface area (Å²) in [6.07, 6.45) is 3.40. The summed E-state index contributed by atoms with van der Waals surface area (Å²) in [5.74, 6) is 0. The normalized spacial score (nSPS) is 12.0. The van der Waals surface area contributed by atoms with Crippen LogP contribution in [0.2, 0.25) is 0 Å². The number of aromatic nitrogens is 2. The second kappa shape index (κ2) is 2.93. The standard InChI is InChI=1S/C7H10BrFN2/c1-7(2,9)5-11-4-6(8)3-10-11/h3-4H,5H2,1-2H3. The van der Waals surface area contributed by atoms with E-state index in [9.17, 15) is 4.39 Å². The Morgan fingerprint density at radius 1 is 1.73 bits per heavy atom. The lowest BCUT2D eigenvalue weighted by atomic mass is 10.2. The molecule has 0 atom stereocenters. The Labute approximate surface area is 73.5 Å². The van der Waals surface area contributed by atoms with Gasteiger partial charge in [0.15, 0.2) is 0 Å². The Bertz CT molecular complexity index is 239. The van der Waals surface area contributed by atoms with E-state index in [1.54, 1.807) is 17.1 Å². The molecule has 62 valence electrons. The van der Waals surface area contributed by atoms with E-state index in [-0.39, 0.29) is 0 Å². The van der Waals surface area contributed by atoms with E-state index in [1.807, 2.05) is 0 Å². The fourth-order valence-corrected chi connectivity index (χ4v) is 1.14. The summed E-state index contributed by atoms with van der Waals surface area (Å²) in [6, 6.07) is 0. The van der Waals surface area contributed by atoms with Gasteiger partial charge >= 0.3 is 0 Å². The predicted octanol–water partition coefficient (Wildman–Crippen LogP) is 2.39. The minimum Gasteiger partial charge on any atom is -0.268 e. The Morgan fingerprint density at radius 3 is 2.73 bits per heavy atom. The fraction of sp³-hybridized carbons (Fsp3) is 0.571. The predicted molar refractivity (Wildman–Crippen MR) is 45.1 cm³/mol. The molecular weight excluding hydrogens is 211 g/mol. The van der Waals surface area contributed by atoms with E-state index >= 15 is 0 Å². The highest BCUT2D eigenvalue weighted by molar-refractivity contribution is 9.10. The van der Waals surface area contributed by atoms with Gasteiger partial charge in [0.05, 0.1) is 17.2 Å². The van der Waals surface area contributed by atoms with Crippen molar-refractivity contribution in [2.45, 2.75) is 26.1 Å². The molecule has 1 heterocycles. The third kappa shape index (κ3) is 3.01.